The van der Waals surface area contributed by atoms with E-state index in [1.807, 2.05) is 29.2 Å². The van der Waals surface area contributed by atoms with E-state index in [9.17, 15) is 14.0 Å². The number of unbranched alkanes of at least 4 members (excludes halogenated alkanes) is 1. The number of halogens is 1. The van der Waals surface area contributed by atoms with Crippen LogP contribution in [0, 0.1) is 11.7 Å². The highest BCUT2D eigenvalue weighted by atomic mass is 19.1. The van der Waals surface area contributed by atoms with Crippen LogP contribution >= 0.6 is 0 Å². The lowest BCUT2D eigenvalue weighted by molar-refractivity contribution is -0.147. The molecule has 1 heterocycles. The molecule has 0 aliphatic carbocycles. The third-order valence-corrected chi connectivity index (χ3v) is 6.25. The van der Waals surface area contributed by atoms with Crippen LogP contribution in [0.2, 0.25) is 0 Å². The number of carbonyl (C=O) groups excluding carboxylic acids is 2. The van der Waals surface area contributed by atoms with E-state index in [4.69, 9.17) is 9.47 Å². The van der Waals surface area contributed by atoms with Crippen LogP contribution < -0.4 is 9.47 Å². The van der Waals surface area contributed by atoms with Crippen molar-refractivity contribution in [1.29, 1.82) is 0 Å². The van der Waals surface area contributed by atoms with E-state index in [-0.39, 0.29) is 24.1 Å². The number of ether oxygens (including phenoxy) is 2. The molecule has 7 heteroatoms. The predicted octanol–water partition coefficient (Wildman–Crippen LogP) is 4.58. The molecular weight excluding hydrogens is 423 g/mol. The fourth-order valence-electron chi connectivity index (χ4n) is 4.54. The number of piperidine rings is 1. The highest BCUT2D eigenvalue weighted by molar-refractivity contribution is 5.85. The quantitative estimate of drug-likeness (QED) is 0.554. The summed E-state index contributed by atoms with van der Waals surface area (Å²) in [7, 11) is 4.73. The predicted molar refractivity (Wildman–Crippen MR) is 125 cm³/mol. The van der Waals surface area contributed by atoms with E-state index in [0.717, 1.165) is 18.4 Å². The molecule has 2 amide bonds. The zero-order chi connectivity index (χ0) is 24.0. The lowest BCUT2D eigenvalue weighted by atomic mass is 9.82. The van der Waals surface area contributed by atoms with Crippen LogP contribution in [0.5, 0.6) is 11.5 Å². The van der Waals surface area contributed by atoms with E-state index in [0.29, 0.717) is 30.7 Å². The minimum absolute atomic E-state index is 0.0586. The van der Waals surface area contributed by atoms with Gasteiger partial charge in [0.1, 0.15) is 5.75 Å². The molecule has 1 aliphatic heterocycles. The molecule has 3 rings (SSSR count). The standard InChI is InChI=1S/C26H33FN2O4/c1-5-6-15-29-24(30)14-12-20(25(29)19-9-7-8-10-22(19)32-3)26(31)28(2)17-18-11-13-23(33-4)21(27)16-18/h7-11,13,16,20,25H,5-6,12,14-15,17H2,1-4H3. The summed E-state index contributed by atoms with van der Waals surface area (Å²) in [5.41, 5.74) is 1.51. The van der Waals surface area contributed by atoms with Gasteiger partial charge in [0.25, 0.3) is 0 Å². The Balaban J connectivity index is 1.91. The SMILES string of the molecule is CCCCN1C(=O)CCC(C(=O)N(C)Cc2ccc(OC)c(F)c2)C1c1ccccc1OC. The van der Waals surface area contributed by atoms with Crippen molar-refractivity contribution in [1.82, 2.24) is 9.80 Å². The van der Waals surface area contributed by atoms with Gasteiger partial charge in [-0.25, -0.2) is 4.39 Å². The Labute approximate surface area is 195 Å². The van der Waals surface area contributed by atoms with Crippen LogP contribution in [0.25, 0.3) is 0 Å². The first-order valence-corrected chi connectivity index (χ1v) is 11.4. The van der Waals surface area contributed by atoms with Gasteiger partial charge in [0.05, 0.1) is 26.2 Å². The number of carbonyl (C=O) groups is 2. The number of benzene rings is 2. The summed E-state index contributed by atoms with van der Waals surface area (Å²) in [4.78, 5) is 30.0. The van der Waals surface area contributed by atoms with E-state index in [2.05, 4.69) is 6.92 Å². The smallest absolute Gasteiger partial charge is 0.228 e. The third-order valence-electron chi connectivity index (χ3n) is 6.25. The van der Waals surface area contributed by atoms with Gasteiger partial charge in [0.15, 0.2) is 11.6 Å². The largest absolute Gasteiger partial charge is 0.496 e. The first-order chi connectivity index (χ1) is 15.9. The second-order valence-corrected chi connectivity index (χ2v) is 8.44. The maximum absolute atomic E-state index is 14.1. The number of para-hydroxylation sites is 1. The number of hydrogen-bond acceptors (Lipinski definition) is 4. The van der Waals surface area contributed by atoms with Gasteiger partial charge in [-0.2, -0.15) is 0 Å². The average Bonchev–Trinajstić information content (AvgIpc) is 2.82. The van der Waals surface area contributed by atoms with Crippen molar-refractivity contribution >= 4 is 11.8 Å². The van der Waals surface area contributed by atoms with Gasteiger partial charge in [-0.05, 0) is 36.6 Å². The summed E-state index contributed by atoms with van der Waals surface area (Å²) in [6.07, 6.45) is 2.60. The number of likely N-dealkylation sites (tertiary alicyclic amines) is 1. The highest BCUT2D eigenvalue weighted by Crippen LogP contribution is 2.41. The average molecular weight is 457 g/mol. The molecule has 1 aliphatic rings. The summed E-state index contributed by atoms with van der Waals surface area (Å²) >= 11 is 0. The number of methoxy groups -OCH3 is 2. The van der Waals surface area contributed by atoms with E-state index >= 15 is 0 Å². The molecule has 0 spiro atoms. The van der Waals surface area contributed by atoms with Crippen molar-refractivity contribution in [3.8, 4) is 11.5 Å². The van der Waals surface area contributed by atoms with Crippen molar-refractivity contribution in [3.63, 3.8) is 0 Å². The van der Waals surface area contributed by atoms with Crippen LogP contribution in [0.1, 0.15) is 49.8 Å². The Morgan fingerprint density at radius 3 is 2.55 bits per heavy atom. The summed E-state index contributed by atoms with van der Waals surface area (Å²) < 4.78 is 24.7. The number of rotatable bonds is 9. The monoisotopic (exact) mass is 456 g/mol. The topological polar surface area (TPSA) is 59.1 Å². The summed E-state index contributed by atoms with van der Waals surface area (Å²) in [6, 6.07) is 11.9. The van der Waals surface area contributed by atoms with E-state index in [1.54, 1.807) is 31.2 Å². The van der Waals surface area contributed by atoms with E-state index < -0.39 is 17.8 Å². The molecule has 33 heavy (non-hydrogen) atoms. The Kier molecular flexibility index (Phi) is 8.31. The number of amides is 2. The minimum Gasteiger partial charge on any atom is -0.496 e. The first-order valence-electron chi connectivity index (χ1n) is 11.4. The second-order valence-electron chi connectivity index (χ2n) is 8.44. The molecule has 0 bridgehead atoms. The van der Waals surface area contributed by atoms with Crippen LogP contribution in [0.3, 0.4) is 0 Å². The molecule has 6 nitrogen and oxygen atoms in total. The highest BCUT2D eigenvalue weighted by Gasteiger charge is 2.42. The maximum atomic E-state index is 14.1. The third kappa shape index (κ3) is 5.46. The molecule has 0 aromatic heterocycles. The maximum Gasteiger partial charge on any atom is 0.228 e. The zero-order valence-corrected chi connectivity index (χ0v) is 19.8. The van der Waals surface area contributed by atoms with Gasteiger partial charge in [-0.3, -0.25) is 9.59 Å². The molecular formula is C26H33FN2O4. The number of hydrogen-bond donors (Lipinski definition) is 0. The van der Waals surface area contributed by atoms with Gasteiger partial charge < -0.3 is 19.3 Å². The summed E-state index contributed by atoms with van der Waals surface area (Å²) in [6.45, 7) is 2.93. The van der Waals surface area contributed by atoms with Crippen molar-refractivity contribution in [2.45, 2.75) is 45.2 Å². The molecule has 2 aromatic rings. The summed E-state index contributed by atoms with van der Waals surface area (Å²) in [5.74, 6) is -0.0576. The Bertz CT molecular complexity index is 981. The molecule has 0 N–H and O–H groups in total. The van der Waals surface area contributed by atoms with Gasteiger partial charge in [-0.15, -0.1) is 0 Å². The Morgan fingerprint density at radius 1 is 1.15 bits per heavy atom. The van der Waals surface area contributed by atoms with Crippen molar-refractivity contribution in [3.05, 3.63) is 59.4 Å². The first kappa shape index (κ1) is 24.6. The van der Waals surface area contributed by atoms with Crippen molar-refractivity contribution in [2.75, 3.05) is 27.8 Å². The molecule has 1 saturated heterocycles. The van der Waals surface area contributed by atoms with Gasteiger partial charge in [0, 0.05) is 32.1 Å². The molecule has 2 unspecified atom stereocenters. The molecule has 0 saturated carbocycles. The molecule has 1 fully saturated rings. The van der Waals surface area contributed by atoms with Crippen LogP contribution in [-0.4, -0.2) is 49.4 Å². The normalized spacial score (nSPS) is 18.2. The van der Waals surface area contributed by atoms with Crippen LogP contribution in [0.4, 0.5) is 4.39 Å². The second kappa shape index (κ2) is 11.2. The molecule has 0 radical (unpaired) electrons. The minimum atomic E-state index is -0.461. The van der Waals surface area contributed by atoms with Crippen LogP contribution in [-0.2, 0) is 16.1 Å². The molecule has 2 aromatic carbocycles. The molecule has 178 valence electrons. The summed E-state index contributed by atoms with van der Waals surface area (Å²) in [5, 5.41) is 0. The van der Waals surface area contributed by atoms with Gasteiger partial charge in [-0.1, -0.05) is 37.6 Å². The van der Waals surface area contributed by atoms with Crippen LogP contribution in [0.15, 0.2) is 42.5 Å². The number of nitrogens with zero attached hydrogens (tertiary/aromatic N) is 2. The fourth-order valence-corrected chi connectivity index (χ4v) is 4.54. The zero-order valence-electron chi connectivity index (χ0n) is 19.8. The Hall–Kier alpha value is -3.09. The lowest BCUT2D eigenvalue weighted by Crippen LogP contribution is -2.48. The lowest BCUT2D eigenvalue weighted by Gasteiger charge is -2.42. The van der Waals surface area contributed by atoms with E-state index in [1.165, 1.54) is 13.2 Å². The van der Waals surface area contributed by atoms with Gasteiger partial charge >= 0.3 is 0 Å². The van der Waals surface area contributed by atoms with Crippen molar-refractivity contribution < 1.29 is 23.5 Å². The fraction of sp³-hybridized carbons (Fsp3) is 0.462. The van der Waals surface area contributed by atoms with Crippen molar-refractivity contribution in [2.24, 2.45) is 5.92 Å². The molecule has 2 atom stereocenters. The van der Waals surface area contributed by atoms with Gasteiger partial charge in [0.2, 0.25) is 11.8 Å². The Morgan fingerprint density at radius 2 is 1.88 bits per heavy atom.